The zero-order valence-corrected chi connectivity index (χ0v) is 11.1. The topological polar surface area (TPSA) is 32.3 Å². The van der Waals surface area contributed by atoms with E-state index in [1.165, 1.54) is 16.9 Å². The lowest BCUT2D eigenvalue weighted by atomic mass is 9.94. The van der Waals surface area contributed by atoms with E-state index in [-0.39, 0.29) is 6.10 Å². The van der Waals surface area contributed by atoms with Gasteiger partial charge in [0.05, 0.1) is 10.4 Å². The van der Waals surface area contributed by atoms with Crippen LogP contribution in [0.3, 0.4) is 0 Å². The summed E-state index contributed by atoms with van der Waals surface area (Å²) in [5, 5.41) is 13.0. The monoisotopic (exact) mass is 259 g/mol. The van der Waals surface area contributed by atoms with Crippen molar-refractivity contribution in [2.45, 2.75) is 44.8 Å². The fraction of sp³-hybridized carbons (Fsp3) is 0.667. The van der Waals surface area contributed by atoms with Gasteiger partial charge in [-0.1, -0.05) is 18.5 Å². The lowest BCUT2D eigenvalue weighted by Crippen LogP contribution is -2.31. The molecule has 1 aromatic rings. The van der Waals surface area contributed by atoms with Gasteiger partial charge in [-0.05, 0) is 37.3 Å². The number of aryl methyl sites for hydroxylation is 1. The summed E-state index contributed by atoms with van der Waals surface area (Å²) in [6, 6.07) is 2.46. The Balaban J connectivity index is 2.01. The van der Waals surface area contributed by atoms with Gasteiger partial charge in [-0.2, -0.15) is 0 Å². The van der Waals surface area contributed by atoms with Gasteiger partial charge in [0.2, 0.25) is 0 Å². The van der Waals surface area contributed by atoms with E-state index in [0.29, 0.717) is 12.6 Å². The molecule has 0 radical (unpaired) electrons. The SMILES string of the molecule is CCC(O)CNC1CCCc2sc(Cl)cc21. The molecule has 1 heterocycles. The van der Waals surface area contributed by atoms with E-state index in [2.05, 4.69) is 11.4 Å². The molecule has 0 fully saturated rings. The Morgan fingerprint density at radius 2 is 2.50 bits per heavy atom. The molecule has 2 atom stereocenters. The molecular formula is C12H18ClNOS. The molecule has 0 aliphatic heterocycles. The minimum absolute atomic E-state index is 0.237. The molecule has 90 valence electrons. The van der Waals surface area contributed by atoms with Crippen LogP contribution in [0.4, 0.5) is 0 Å². The molecule has 0 bridgehead atoms. The third kappa shape index (κ3) is 2.77. The van der Waals surface area contributed by atoms with E-state index in [4.69, 9.17) is 11.6 Å². The first-order valence-electron chi connectivity index (χ1n) is 5.90. The lowest BCUT2D eigenvalue weighted by molar-refractivity contribution is 0.161. The number of hydrogen-bond donors (Lipinski definition) is 2. The molecule has 2 nitrogen and oxygen atoms in total. The molecule has 2 unspecified atom stereocenters. The van der Waals surface area contributed by atoms with E-state index in [9.17, 15) is 5.11 Å². The highest BCUT2D eigenvalue weighted by Gasteiger charge is 2.22. The molecule has 1 aromatic heterocycles. The van der Waals surface area contributed by atoms with Crippen molar-refractivity contribution in [2.24, 2.45) is 0 Å². The van der Waals surface area contributed by atoms with Crippen molar-refractivity contribution in [2.75, 3.05) is 6.54 Å². The maximum Gasteiger partial charge on any atom is 0.0934 e. The van der Waals surface area contributed by atoms with Crippen molar-refractivity contribution in [3.05, 3.63) is 20.8 Å². The minimum atomic E-state index is -0.237. The molecule has 1 aliphatic carbocycles. The molecule has 0 amide bonds. The maximum atomic E-state index is 9.56. The standard InChI is InChI=1S/C12H18ClNOS/c1-2-8(15)7-14-10-4-3-5-11-9(10)6-12(13)16-11/h6,8,10,14-15H,2-5,7H2,1H3. The van der Waals surface area contributed by atoms with Crippen LogP contribution in [0.5, 0.6) is 0 Å². The van der Waals surface area contributed by atoms with E-state index in [1.54, 1.807) is 11.3 Å². The van der Waals surface area contributed by atoms with Gasteiger partial charge in [0, 0.05) is 17.5 Å². The van der Waals surface area contributed by atoms with E-state index in [0.717, 1.165) is 23.6 Å². The Morgan fingerprint density at radius 1 is 1.69 bits per heavy atom. The first-order valence-corrected chi connectivity index (χ1v) is 7.09. The van der Waals surface area contributed by atoms with Gasteiger partial charge in [-0.15, -0.1) is 11.3 Å². The summed E-state index contributed by atoms with van der Waals surface area (Å²) in [4.78, 5) is 1.42. The van der Waals surface area contributed by atoms with Crippen LogP contribution in [0, 0.1) is 0 Å². The summed E-state index contributed by atoms with van der Waals surface area (Å²) in [6.45, 7) is 2.67. The van der Waals surface area contributed by atoms with Gasteiger partial charge < -0.3 is 10.4 Å². The van der Waals surface area contributed by atoms with Gasteiger partial charge in [-0.25, -0.2) is 0 Å². The fourth-order valence-corrected chi connectivity index (χ4v) is 3.54. The number of aliphatic hydroxyl groups is 1. The number of nitrogens with one attached hydrogen (secondary N) is 1. The Labute approximate surface area is 106 Å². The van der Waals surface area contributed by atoms with E-state index < -0.39 is 0 Å². The van der Waals surface area contributed by atoms with Crippen molar-refractivity contribution in [1.29, 1.82) is 0 Å². The summed E-state index contributed by atoms with van der Waals surface area (Å²) in [5.74, 6) is 0. The first-order chi connectivity index (χ1) is 7.70. The largest absolute Gasteiger partial charge is 0.392 e. The fourth-order valence-electron chi connectivity index (χ4n) is 2.16. The number of rotatable bonds is 4. The normalized spacial score (nSPS) is 21.8. The van der Waals surface area contributed by atoms with Crippen molar-refractivity contribution >= 4 is 22.9 Å². The van der Waals surface area contributed by atoms with Crippen molar-refractivity contribution < 1.29 is 5.11 Å². The quantitative estimate of drug-likeness (QED) is 0.871. The van der Waals surface area contributed by atoms with Crippen LogP contribution in [-0.2, 0) is 6.42 Å². The zero-order valence-electron chi connectivity index (χ0n) is 9.50. The summed E-state index contributed by atoms with van der Waals surface area (Å²) in [5.41, 5.74) is 1.35. The number of aliphatic hydroxyl groups excluding tert-OH is 1. The zero-order chi connectivity index (χ0) is 11.5. The Morgan fingerprint density at radius 3 is 3.25 bits per heavy atom. The smallest absolute Gasteiger partial charge is 0.0934 e. The summed E-state index contributed by atoms with van der Waals surface area (Å²) in [7, 11) is 0. The van der Waals surface area contributed by atoms with Gasteiger partial charge >= 0.3 is 0 Å². The second kappa shape index (κ2) is 5.50. The molecule has 0 aromatic carbocycles. The highest BCUT2D eigenvalue weighted by Crippen LogP contribution is 2.37. The second-order valence-electron chi connectivity index (χ2n) is 4.34. The van der Waals surface area contributed by atoms with Gasteiger partial charge in [0.15, 0.2) is 0 Å². The second-order valence-corrected chi connectivity index (χ2v) is 6.11. The predicted molar refractivity (Wildman–Crippen MR) is 69.3 cm³/mol. The van der Waals surface area contributed by atoms with Gasteiger partial charge in [0.25, 0.3) is 0 Å². The third-order valence-corrected chi connectivity index (χ3v) is 4.49. The number of thiophene rings is 1. The number of halogens is 1. The van der Waals surface area contributed by atoms with Crippen LogP contribution in [-0.4, -0.2) is 17.8 Å². The lowest BCUT2D eigenvalue weighted by Gasteiger charge is -2.24. The van der Waals surface area contributed by atoms with Crippen molar-refractivity contribution in [1.82, 2.24) is 5.32 Å². The first kappa shape index (κ1) is 12.4. The number of fused-ring (bicyclic) bond motifs is 1. The highest BCUT2D eigenvalue weighted by atomic mass is 35.5. The van der Waals surface area contributed by atoms with Gasteiger partial charge in [-0.3, -0.25) is 0 Å². The van der Waals surface area contributed by atoms with E-state index >= 15 is 0 Å². The van der Waals surface area contributed by atoms with Crippen molar-refractivity contribution in [3.63, 3.8) is 0 Å². The van der Waals surface area contributed by atoms with Crippen LogP contribution < -0.4 is 5.32 Å². The van der Waals surface area contributed by atoms with Crippen LogP contribution in [0.1, 0.15) is 42.7 Å². The van der Waals surface area contributed by atoms with Gasteiger partial charge in [0.1, 0.15) is 0 Å². The van der Waals surface area contributed by atoms with Crippen LogP contribution in [0.2, 0.25) is 4.34 Å². The molecular weight excluding hydrogens is 242 g/mol. The molecule has 1 aliphatic rings. The highest BCUT2D eigenvalue weighted by molar-refractivity contribution is 7.16. The Kier molecular flexibility index (Phi) is 4.25. The third-order valence-electron chi connectivity index (χ3n) is 3.15. The molecule has 2 rings (SSSR count). The summed E-state index contributed by atoms with van der Waals surface area (Å²) in [6.07, 6.45) is 4.08. The Hall–Kier alpha value is -0.0900. The predicted octanol–water partition coefficient (Wildman–Crippen LogP) is 3.14. The molecule has 4 heteroatoms. The molecule has 0 saturated carbocycles. The van der Waals surface area contributed by atoms with Crippen LogP contribution in [0.25, 0.3) is 0 Å². The minimum Gasteiger partial charge on any atom is -0.392 e. The molecule has 0 saturated heterocycles. The van der Waals surface area contributed by atoms with Crippen LogP contribution in [0.15, 0.2) is 6.07 Å². The average Bonchev–Trinajstić information content (AvgIpc) is 2.66. The van der Waals surface area contributed by atoms with Crippen molar-refractivity contribution in [3.8, 4) is 0 Å². The Bertz CT molecular complexity index is 353. The average molecular weight is 260 g/mol. The number of hydrogen-bond acceptors (Lipinski definition) is 3. The van der Waals surface area contributed by atoms with E-state index in [1.807, 2.05) is 6.92 Å². The molecule has 2 N–H and O–H groups in total. The molecule has 0 spiro atoms. The maximum absolute atomic E-state index is 9.56. The summed E-state index contributed by atoms with van der Waals surface area (Å²) >= 11 is 7.74. The summed E-state index contributed by atoms with van der Waals surface area (Å²) < 4.78 is 0.884. The molecule has 16 heavy (non-hydrogen) atoms. The van der Waals surface area contributed by atoms with Crippen LogP contribution >= 0.6 is 22.9 Å².